The van der Waals surface area contributed by atoms with Crippen LogP contribution in [-0.4, -0.2) is 64.4 Å². The summed E-state index contributed by atoms with van der Waals surface area (Å²) in [5.74, 6) is 0. The lowest BCUT2D eigenvalue weighted by Crippen LogP contribution is -2.45. The van der Waals surface area contributed by atoms with Crippen LogP contribution < -0.4 is 5.32 Å². The van der Waals surface area contributed by atoms with E-state index in [9.17, 15) is 83.8 Å². The number of aromatic nitrogens is 2. The second-order valence-corrected chi connectivity index (χ2v) is 14.1. The summed E-state index contributed by atoms with van der Waals surface area (Å²) < 4.78 is 241. The summed E-state index contributed by atoms with van der Waals surface area (Å²) in [4.78, 5) is 16.0. The SMILES string of the molecule is CC(Cl)OC(=O)Cl.FC(F)(F)c1cc(C2(C(F)(F)F)CCN(Cc3ccccc3)C2)cc(C(F)(F)F)n1.FC(F)(F)c1cc(C2(C(F)(F)F)CCNC2)cc(C(F)(F)F)n1. The van der Waals surface area contributed by atoms with E-state index < -0.39 is 119 Å². The molecule has 0 radical (unpaired) electrons. The maximum Gasteiger partial charge on any atom is 0.433 e. The van der Waals surface area contributed by atoms with Gasteiger partial charge in [0.25, 0.3) is 0 Å². The molecule has 2 saturated heterocycles. The topological polar surface area (TPSA) is 67.3 Å². The maximum atomic E-state index is 14.1. The number of hydrogen-bond donors (Lipinski definition) is 1. The Morgan fingerprint density at radius 3 is 1.40 bits per heavy atom. The van der Waals surface area contributed by atoms with Crippen LogP contribution in [0.25, 0.3) is 0 Å². The van der Waals surface area contributed by atoms with Crippen molar-refractivity contribution in [3.8, 4) is 0 Å². The van der Waals surface area contributed by atoms with Crippen molar-refractivity contribution in [1.29, 1.82) is 0 Å². The normalized spacial score (nSPS) is 21.1. The molecule has 2 aliphatic rings. The smallest absolute Gasteiger partial charge is 0.433 e. The van der Waals surface area contributed by atoms with E-state index in [1.165, 1.54) is 11.8 Å². The Balaban J connectivity index is 0.000000283. The van der Waals surface area contributed by atoms with Crippen molar-refractivity contribution in [3.63, 3.8) is 0 Å². The molecule has 3 aromatic rings. The molecule has 0 saturated carbocycles. The molecule has 0 spiro atoms. The van der Waals surface area contributed by atoms with E-state index in [1.807, 2.05) is 0 Å². The second-order valence-electron chi connectivity index (χ2n) is 13.2. The Morgan fingerprint density at radius 2 is 1.10 bits per heavy atom. The molecule has 1 aromatic carbocycles. The van der Waals surface area contributed by atoms with Crippen LogP contribution in [-0.2, 0) is 46.8 Å². The number of rotatable bonds is 5. The van der Waals surface area contributed by atoms with Gasteiger partial charge >= 0.3 is 42.5 Å². The molecule has 2 aromatic heterocycles. The highest BCUT2D eigenvalue weighted by molar-refractivity contribution is 6.61. The fourth-order valence-corrected chi connectivity index (χ4v) is 6.42. The highest BCUT2D eigenvalue weighted by atomic mass is 35.5. The molecule has 2 fully saturated rings. The number of nitrogens with one attached hydrogen (secondary N) is 1. The van der Waals surface area contributed by atoms with E-state index in [-0.39, 0.29) is 43.9 Å². The fourth-order valence-electron chi connectivity index (χ4n) is 6.16. The molecular weight excluding hydrogens is 909 g/mol. The number of benzene rings is 1. The Hall–Kier alpha value is -3.77. The average Bonchev–Trinajstić information content (AvgIpc) is 3.77. The van der Waals surface area contributed by atoms with E-state index in [1.54, 1.807) is 30.3 Å². The largest absolute Gasteiger partial charge is 0.434 e. The third-order valence-corrected chi connectivity index (χ3v) is 9.19. The molecule has 336 valence electrons. The van der Waals surface area contributed by atoms with Gasteiger partial charge in [-0.25, -0.2) is 14.8 Å². The van der Waals surface area contributed by atoms with Crippen molar-refractivity contribution < 1.29 is 88.6 Å². The molecule has 1 N–H and O–H groups in total. The molecule has 26 heteroatoms. The predicted octanol–water partition coefficient (Wildman–Crippen LogP) is 11.7. The zero-order valence-corrected chi connectivity index (χ0v) is 31.5. The van der Waals surface area contributed by atoms with Crippen LogP contribution >= 0.6 is 23.2 Å². The van der Waals surface area contributed by atoms with Crippen LogP contribution in [0.5, 0.6) is 0 Å². The van der Waals surface area contributed by atoms with Gasteiger partial charge < -0.3 is 10.1 Å². The number of nitrogens with zero attached hydrogens (tertiary/aromatic N) is 3. The van der Waals surface area contributed by atoms with Gasteiger partial charge in [-0.15, -0.1) is 0 Å². The molecule has 3 atom stereocenters. The molecule has 0 aliphatic carbocycles. The van der Waals surface area contributed by atoms with Gasteiger partial charge in [-0.2, -0.15) is 79.0 Å². The zero-order chi connectivity index (χ0) is 45.9. The molecule has 0 bridgehead atoms. The van der Waals surface area contributed by atoms with Gasteiger partial charge in [-0.1, -0.05) is 41.9 Å². The molecule has 5 rings (SSSR count). The second kappa shape index (κ2) is 18.3. The van der Waals surface area contributed by atoms with E-state index >= 15 is 0 Å². The van der Waals surface area contributed by atoms with Crippen LogP contribution in [0.3, 0.4) is 0 Å². The van der Waals surface area contributed by atoms with Crippen molar-refractivity contribution in [2.75, 3.05) is 26.2 Å². The van der Waals surface area contributed by atoms with Crippen molar-refractivity contribution in [2.45, 2.75) is 79.8 Å². The molecule has 4 heterocycles. The number of likely N-dealkylation sites (tertiary alicyclic amines) is 1. The van der Waals surface area contributed by atoms with Crippen LogP contribution in [0.2, 0.25) is 0 Å². The standard InChI is InChI=1S/C19H15F9N2.C12H9F9N2.C3H4Cl2O2/c20-17(21,22)14-8-13(9-15(29-14)18(23,24)25)16(19(26,27)28)6-7-30(11-16)10-12-4-2-1-3-5-12;13-10(14,15)7-3-6(4-8(23-7)11(16,17)18)9(12(19,20)21)1-2-22-5-9;1-2(4)7-3(5)6/h1-5,8-9H,6-7,10-11H2;3-4,22H,1-2,5H2;2H,1H3. The minimum Gasteiger partial charge on any atom is -0.434 e. The van der Waals surface area contributed by atoms with Crippen LogP contribution in [0.15, 0.2) is 54.6 Å². The van der Waals surface area contributed by atoms with Crippen LogP contribution in [0.1, 0.15) is 59.2 Å². The van der Waals surface area contributed by atoms with Gasteiger partial charge in [0, 0.05) is 31.2 Å². The maximum absolute atomic E-state index is 14.1. The Kier molecular flexibility index (Phi) is 15.4. The van der Waals surface area contributed by atoms with E-state index in [4.69, 9.17) is 23.2 Å². The van der Waals surface area contributed by atoms with Crippen molar-refractivity contribution in [2.24, 2.45) is 0 Å². The molecular formula is C34H28Cl2F18N4O2. The first-order chi connectivity index (χ1) is 27.1. The summed E-state index contributed by atoms with van der Waals surface area (Å²) in [5, 5.41) is 2.33. The molecule has 60 heavy (non-hydrogen) atoms. The van der Waals surface area contributed by atoms with Gasteiger partial charge in [-0.05, 0) is 73.8 Å². The summed E-state index contributed by atoms with van der Waals surface area (Å²) in [6.07, 6.45) is -32.6. The summed E-state index contributed by atoms with van der Waals surface area (Å²) in [5.41, 5.74) is -16.7. The number of halogens is 20. The first-order valence-corrected chi connectivity index (χ1v) is 17.4. The van der Waals surface area contributed by atoms with Gasteiger partial charge in [0.15, 0.2) is 5.56 Å². The Morgan fingerprint density at radius 1 is 0.700 bits per heavy atom. The molecule has 6 nitrogen and oxygen atoms in total. The van der Waals surface area contributed by atoms with Crippen molar-refractivity contribution >= 4 is 28.6 Å². The van der Waals surface area contributed by atoms with Gasteiger partial charge in [0.05, 0.1) is 0 Å². The van der Waals surface area contributed by atoms with Crippen LogP contribution in [0, 0.1) is 0 Å². The minimum atomic E-state index is -5.33. The summed E-state index contributed by atoms with van der Waals surface area (Å²) in [6, 6.07) is 8.64. The lowest BCUT2D eigenvalue weighted by Gasteiger charge is -2.33. The lowest BCUT2D eigenvalue weighted by atomic mass is 9.78. The first-order valence-electron chi connectivity index (χ1n) is 16.6. The lowest BCUT2D eigenvalue weighted by molar-refractivity contribution is -0.188. The number of carbonyl (C=O) groups is 1. The monoisotopic (exact) mass is 936 g/mol. The molecule has 2 aliphatic heterocycles. The third kappa shape index (κ3) is 12.6. The minimum absolute atomic E-state index is 0.0374. The first kappa shape index (κ1) is 50.6. The zero-order valence-electron chi connectivity index (χ0n) is 29.9. The number of ether oxygens (including phenoxy) is 1. The van der Waals surface area contributed by atoms with E-state index in [2.05, 4.69) is 20.0 Å². The number of hydrogen-bond acceptors (Lipinski definition) is 6. The van der Waals surface area contributed by atoms with E-state index in [0.29, 0.717) is 5.56 Å². The number of pyridine rings is 2. The Labute approximate surface area is 337 Å². The van der Waals surface area contributed by atoms with Crippen molar-refractivity contribution in [3.05, 3.63) is 94.1 Å². The predicted molar refractivity (Wildman–Crippen MR) is 175 cm³/mol. The molecule has 0 amide bonds. The number of carbonyl (C=O) groups excluding carboxylic acids is 1. The van der Waals surface area contributed by atoms with Gasteiger partial charge in [0.2, 0.25) is 0 Å². The van der Waals surface area contributed by atoms with Gasteiger partial charge in [-0.3, -0.25) is 4.90 Å². The number of alkyl halides is 19. The summed E-state index contributed by atoms with van der Waals surface area (Å²) in [7, 11) is 0. The average molecular weight is 937 g/mol. The highest BCUT2D eigenvalue weighted by Crippen LogP contribution is 2.50. The molecule has 3 unspecified atom stereocenters. The highest BCUT2D eigenvalue weighted by Gasteiger charge is 2.60. The quantitative estimate of drug-likeness (QED) is 0.156. The summed E-state index contributed by atoms with van der Waals surface area (Å²) in [6.45, 7) is -0.285. The third-order valence-electron chi connectivity index (χ3n) is 9.01. The fraction of sp³-hybridized carbons (Fsp3) is 0.500. The van der Waals surface area contributed by atoms with E-state index in [0.717, 1.165) is 0 Å². The van der Waals surface area contributed by atoms with Gasteiger partial charge in [0.1, 0.15) is 33.6 Å². The Bertz CT molecular complexity index is 1840. The van der Waals surface area contributed by atoms with Crippen molar-refractivity contribution in [1.82, 2.24) is 20.2 Å². The summed E-state index contributed by atoms with van der Waals surface area (Å²) >= 11 is 9.87. The van der Waals surface area contributed by atoms with Crippen LogP contribution in [0.4, 0.5) is 83.8 Å².